The van der Waals surface area contributed by atoms with Crippen molar-refractivity contribution in [3.8, 4) is 5.75 Å². The number of hydrogen-bond donors (Lipinski definition) is 0. The highest BCUT2D eigenvalue weighted by Gasteiger charge is 2.22. The van der Waals surface area contributed by atoms with Gasteiger partial charge in [0.25, 0.3) is 0 Å². The summed E-state index contributed by atoms with van der Waals surface area (Å²) in [5.41, 5.74) is 3.33. The molecule has 0 aromatic heterocycles. The maximum absolute atomic E-state index is 12.6. The molecule has 0 spiro atoms. The quantitative estimate of drug-likeness (QED) is 0.334. The van der Waals surface area contributed by atoms with Crippen LogP contribution in [0.2, 0.25) is 5.02 Å². The Morgan fingerprint density at radius 1 is 1.00 bits per heavy atom. The first-order valence-corrected chi connectivity index (χ1v) is 13.0. The van der Waals surface area contributed by atoms with Gasteiger partial charge in [-0.2, -0.15) is 0 Å². The summed E-state index contributed by atoms with van der Waals surface area (Å²) in [5, 5.41) is 0.529. The summed E-state index contributed by atoms with van der Waals surface area (Å²) in [6.07, 6.45) is 4.60. The lowest BCUT2D eigenvalue weighted by atomic mass is 10.0. The molecule has 0 bridgehead atoms. The van der Waals surface area contributed by atoms with Gasteiger partial charge in [0.05, 0.1) is 18.2 Å². The number of benzene rings is 2. The van der Waals surface area contributed by atoms with Crippen molar-refractivity contribution in [3.05, 3.63) is 64.2 Å². The van der Waals surface area contributed by atoms with E-state index in [2.05, 4.69) is 41.0 Å². The Balaban J connectivity index is 1.18. The van der Waals surface area contributed by atoms with Crippen LogP contribution in [0.15, 0.2) is 42.5 Å². The molecule has 2 aromatic rings. The number of rotatable bonds is 10. The van der Waals surface area contributed by atoms with Crippen LogP contribution in [-0.2, 0) is 11.3 Å². The van der Waals surface area contributed by atoms with E-state index in [0.29, 0.717) is 22.8 Å². The van der Waals surface area contributed by atoms with Gasteiger partial charge in [-0.3, -0.25) is 14.6 Å². The number of ketones is 1. The van der Waals surface area contributed by atoms with Crippen molar-refractivity contribution in [2.45, 2.75) is 51.7 Å². The monoisotopic (exact) mass is 484 g/mol. The Morgan fingerprint density at radius 3 is 2.44 bits per heavy atom. The molecule has 0 saturated carbocycles. The zero-order valence-electron chi connectivity index (χ0n) is 20.3. The molecule has 0 radical (unpaired) electrons. The topological polar surface area (TPSA) is 42.0 Å². The van der Waals surface area contributed by atoms with Crippen molar-refractivity contribution in [1.29, 1.82) is 0 Å². The van der Waals surface area contributed by atoms with Crippen LogP contribution >= 0.6 is 11.6 Å². The maximum Gasteiger partial charge on any atom is 0.162 e. The van der Waals surface area contributed by atoms with Crippen molar-refractivity contribution in [2.24, 2.45) is 0 Å². The summed E-state index contributed by atoms with van der Waals surface area (Å²) in [6, 6.07) is 14.3. The van der Waals surface area contributed by atoms with E-state index >= 15 is 0 Å². The standard InChI is InChI=1S/C28H37ClN2O3/c1-22-5-7-23(8-6-22)21-31-14-11-25(12-15-31)34-28-10-9-24(20-26(28)29)27(32)4-2-3-13-30-16-18-33-19-17-30/h5-10,20,25H,2-4,11-19,21H2,1H3. The molecule has 2 aromatic carbocycles. The molecule has 0 amide bonds. The normalized spacial score (nSPS) is 18.2. The average Bonchev–Trinajstić information content (AvgIpc) is 2.86. The van der Waals surface area contributed by atoms with Gasteiger partial charge in [0, 0.05) is 44.7 Å². The molecule has 0 unspecified atom stereocenters. The fraction of sp³-hybridized carbons (Fsp3) is 0.536. The van der Waals surface area contributed by atoms with E-state index in [1.165, 1.54) is 11.1 Å². The van der Waals surface area contributed by atoms with Gasteiger partial charge < -0.3 is 9.47 Å². The summed E-state index contributed by atoms with van der Waals surface area (Å²) in [6.45, 7) is 9.79. The number of ether oxygens (including phenoxy) is 2. The molecule has 2 saturated heterocycles. The molecule has 4 rings (SSSR count). The number of likely N-dealkylation sites (tertiary alicyclic amines) is 1. The van der Waals surface area contributed by atoms with Crippen LogP contribution in [0.1, 0.15) is 53.6 Å². The largest absolute Gasteiger partial charge is 0.489 e. The number of nitrogens with zero attached hydrogens (tertiary/aromatic N) is 2. The van der Waals surface area contributed by atoms with E-state index in [4.69, 9.17) is 21.1 Å². The number of carbonyl (C=O) groups is 1. The zero-order valence-corrected chi connectivity index (χ0v) is 21.1. The van der Waals surface area contributed by atoms with Crippen LogP contribution in [0.25, 0.3) is 0 Å². The number of morpholine rings is 1. The van der Waals surface area contributed by atoms with Crippen molar-refractivity contribution in [3.63, 3.8) is 0 Å². The van der Waals surface area contributed by atoms with Gasteiger partial charge in [-0.05, 0) is 62.9 Å². The number of piperidine rings is 1. The molecule has 2 fully saturated rings. The van der Waals surface area contributed by atoms with Crippen LogP contribution in [0.4, 0.5) is 0 Å². The van der Waals surface area contributed by atoms with E-state index in [-0.39, 0.29) is 11.9 Å². The molecule has 0 N–H and O–H groups in total. The predicted molar refractivity (Wildman–Crippen MR) is 137 cm³/mol. The molecule has 2 aliphatic rings. The summed E-state index contributed by atoms with van der Waals surface area (Å²) in [5.74, 6) is 0.836. The minimum atomic E-state index is 0.153. The van der Waals surface area contributed by atoms with Gasteiger partial charge in [-0.1, -0.05) is 41.4 Å². The van der Waals surface area contributed by atoms with E-state index in [1.54, 1.807) is 6.07 Å². The van der Waals surface area contributed by atoms with Gasteiger partial charge in [0.2, 0.25) is 0 Å². The second kappa shape index (κ2) is 12.7. The lowest BCUT2D eigenvalue weighted by Crippen LogP contribution is -2.37. The van der Waals surface area contributed by atoms with E-state index in [1.807, 2.05) is 12.1 Å². The third-order valence-corrected chi connectivity index (χ3v) is 7.14. The molecular formula is C28H37ClN2O3. The van der Waals surface area contributed by atoms with Crippen molar-refractivity contribution in [1.82, 2.24) is 9.80 Å². The molecule has 0 atom stereocenters. The molecule has 0 aliphatic carbocycles. The SMILES string of the molecule is Cc1ccc(CN2CCC(Oc3ccc(C(=O)CCCCN4CCOCC4)cc3Cl)CC2)cc1. The number of unbranched alkanes of at least 4 members (excludes halogenated alkanes) is 1. The van der Waals surface area contributed by atoms with Crippen molar-refractivity contribution < 1.29 is 14.3 Å². The Morgan fingerprint density at radius 2 is 1.74 bits per heavy atom. The van der Waals surface area contributed by atoms with E-state index in [9.17, 15) is 4.79 Å². The number of carbonyl (C=O) groups excluding carboxylic acids is 1. The molecule has 184 valence electrons. The Hall–Kier alpha value is -1.92. The molecular weight excluding hydrogens is 448 g/mol. The fourth-order valence-corrected chi connectivity index (χ4v) is 4.90. The highest BCUT2D eigenvalue weighted by atomic mass is 35.5. The summed E-state index contributed by atoms with van der Waals surface area (Å²) in [7, 11) is 0. The predicted octanol–water partition coefficient (Wildman–Crippen LogP) is 5.38. The smallest absolute Gasteiger partial charge is 0.162 e. The molecule has 6 heteroatoms. The van der Waals surface area contributed by atoms with Gasteiger partial charge in [0.1, 0.15) is 11.9 Å². The number of Topliss-reactive ketones (excluding diaryl/α,β-unsaturated/α-hetero) is 1. The van der Waals surface area contributed by atoms with Crippen LogP contribution in [0.3, 0.4) is 0 Å². The first-order valence-electron chi connectivity index (χ1n) is 12.6. The lowest BCUT2D eigenvalue weighted by Gasteiger charge is -2.32. The van der Waals surface area contributed by atoms with Gasteiger partial charge in [-0.15, -0.1) is 0 Å². The lowest BCUT2D eigenvalue weighted by molar-refractivity contribution is 0.0371. The molecule has 2 heterocycles. The zero-order chi connectivity index (χ0) is 23.8. The van der Waals surface area contributed by atoms with Crippen LogP contribution < -0.4 is 4.74 Å². The third-order valence-electron chi connectivity index (χ3n) is 6.84. The van der Waals surface area contributed by atoms with Crippen LogP contribution in [0, 0.1) is 6.92 Å². The second-order valence-electron chi connectivity index (χ2n) is 9.56. The van der Waals surface area contributed by atoms with Crippen LogP contribution in [0.5, 0.6) is 5.75 Å². The summed E-state index contributed by atoms with van der Waals surface area (Å²) in [4.78, 5) is 17.5. The first-order chi connectivity index (χ1) is 16.6. The van der Waals surface area contributed by atoms with E-state index < -0.39 is 0 Å². The highest BCUT2D eigenvalue weighted by Crippen LogP contribution is 2.29. The first kappa shape index (κ1) is 25.2. The summed E-state index contributed by atoms with van der Waals surface area (Å²) >= 11 is 6.50. The highest BCUT2D eigenvalue weighted by molar-refractivity contribution is 6.32. The van der Waals surface area contributed by atoms with E-state index in [0.717, 1.165) is 78.2 Å². The Labute approximate surface area is 209 Å². The maximum atomic E-state index is 12.6. The third kappa shape index (κ3) is 7.54. The second-order valence-corrected chi connectivity index (χ2v) is 9.97. The molecule has 2 aliphatic heterocycles. The molecule has 5 nitrogen and oxygen atoms in total. The average molecular weight is 485 g/mol. The minimum absolute atomic E-state index is 0.153. The summed E-state index contributed by atoms with van der Waals surface area (Å²) < 4.78 is 11.6. The Kier molecular flexibility index (Phi) is 9.40. The van der Waals surface area contributed by atoms with Crippen molar-refractivity contribution >= 4 is 17.4 Å². The minimum Gasteiger partial charge on any atom is -0.489 e. The van der Waals surface area contributed by atoms with Crippen LogP contribution in [-0.4, -0.2) is 67.6 Å². The number of hydrogen-bond acceptors (Lipinski definition) is 5. The number of aryl methyl sites for hydroxylation is 1. The van der Waals surface area contributed by atoms with Gasteiger partial charge in [-0.25, -0.2) is 0 Å². The molecule has 34 heavy (non-hydrogen) atoms. The van der Waals surface area contributed by atoms with Gasteiger partial charge in [0.15, 0.2) is 5.78 Å². The van der Waals surface area contributed by atoms with Crippen molar-refractivity contribution in [2.75, 3.05) is 45.9 Å². The van der Waals surface area contributed by atoms with Gasteiger partial charge >= 0.3 is 0 Å². The Bertz CT molecular complexity index is 920. The fourth-order valence-electron chi connectivity index (χ4n) is 4.68. The number of halogens is 1.